The molecule has 0 aromatic heterocycles. The van der Waals surface area contributed by atoms with Gasteiger partial charge in [0.2, 0.25) is 0 Å². The molecular formula is C18H33N. The molecule has 0 amide bonds. The topological polar surface area (TPSA) is 3.24 Å². The first-order chi connectivity index (χ1) is 9.28. The summed E-state index contributed by atoms with van der Waals surface area (Å²) in [6, 6.07) is 0. The van der Waals surface area contributed by atoms with E-state index in [-0.39, 0.29) is 0 Å². The molecule has 0 aromatic rings. The molecule has 2 aliphatic rings. The Morgan fingerprint density at radius 3 is 2.42 bits per heavy atom. The molecule has 1 nitrogen and oxygen atoms in total. The minimum atomic E-state index is 0.744. The molecule has 19 heavy (non-hydrogen) atoms. The summed E-state index contributed by atoms with van der Waals surface area (Å²) in [6.07, 6.45) is 14.0. The summed E-state index contributed by atoms with van der Waals surface area (Å²) in [4.78, 5) is 2.64. The number of rotatable bonds is 4. The highest BCUT2D eigenvalue weighted by Gasteiger charge is 2.18. The van der Waals surface area contributed by atoms with Gasteiger partial charge in [-0.15, -0.1) is 0 Å². The smallest absolute Gasteiger partial charge is 0.0230 e. The number of hydrogen-bond acceptors (Lipinski definition) is 1. The van der Waals surface area contributed by atoms with E-state index < -0.39 is 0 Å². The van der Waals surface area contributed by atoms with Gasteiger partial charge >= 0.3 is 0 Å². The van der Waals surface area contributed by atoms with Crippen molar-refractivity contribution in [1.29, 1.82) is 0 Å². The number of piperidine rings is 1. The quantitative estimate of drug-likeness (QED) is 0.686. The Hall–Kier alpha value is -0.560. The molecule has 0 spiro atoms. The number of nitrogens with zero attached hydrogens (tertiary/aromatic N) is 1. The second-order valence-electron chi connectivity index (χ2n) is 5.86. The molecular weight excluding hydrogens is 230 g/mol. The van der Waals surface area contributed by atoms with E-state index in [0.717, 1.165) is 11.8 Å². The SMILES string of the molecule is CC.CCCC1CCN(CC2=CCC(C)C=C2)CC1. The van der Waals surface area contributed by atoms with Crippen molar-refractivity contribution in [1.82, 2.24) is 4.90 Å². The molecule has 1 heteroatoms. The van der Waals surface area contributed by atoms with E-state index in [4.69, 9.17) is 0 Å². The van der Waals surface area contributed by atoms with Crippen LogP contribution in [0.15, 0.2) is 23.8 Å². The Morgan fingerprint density at radius 2 is 1.89 bits per heavy atom. The van der Waals surface area contributed by atoms with E-state index >= 15 is 0 Å². The second-order valence-corrected chi connectivity index (χ2v) is 5.86. The van der Waals surface area contributed by atoms with Gasteiger partial charge < -0.3 is 0 Å². The highest BCUT2D eigenvalue weighted by Crippen LogP contribution is 2.23. The summed E-state index contributed by atoms with van der Waals surface area (Å²) in [5.74, 6) is 1.75. The molecule has 0 N–H and O–H groups in total. The van der Waals surface area contributed by atoms with Crippen LogP contribution in [0.5, 0.6) is 0 Å². The summed E-state index contributed by atoms with van der Waals surface area (Å²) >= 11 is 0. The second kappa shape index (κ2) is 9.36. The van der Waals surface area contributed by atoms with Crippen LogP contribution in [0.4, 0.5) is 0 Å². The molecule has 1 aliphatic carbocycles. The monoisotopic (exact) mass is 263 g/mol. The lowest BCUT2D eigenvalue weighted by Gasteiger charge is -2.32. The van der Waals surface area contributed by atoms with Crippen LogP contribution in [0.1, 0.15) is 59.8 Å². The third kappa shape index (κ3) is 5.95. The molecule has 0 radical (unpaired) electrons. The molecule has 110 valence electrons. The fourth-order valence-electron chi connectivity index (χ4n) is 2.99. The van der Waals surface area contributed by atoms with Gasteiger partial charge in [-0.05, 0) is 49.8 Å². The number of allylic oxidation sites excluding steroid dienone is 2. The molecule has 1 unspecified atom stereocenters. The van der Waals surface area contributed by atoms with E-state index in [1.807, 2.05) is 13.8 Å². The highest BCUT2D eigenvalue weighted by atomic mass is 15.1. The van der Waals surface area contributed by atoms with Crippen LogP contribution < -0.4 is 0 Å². The van der Waals surface area contributed by atoms with Gasteiger partial charge in [-0.1, -0.05) is 58.8 Å². The van der Waals surface area contributed by atoms with Crippen molar-refractivity contribution in [2.45, 2.75) is 59.8 Å². The lowest BCUT2D eigenvalue weighted by molar-refractivity contribution is 0.191. The van der Waals surface area contributed by atoms with E-state index in [9.17, 15) is 0 Å². The van der Waals surface area contributed by atoms with E-state index in [1.165, 1.54) is 57.3 Å². The van der Waals surface area contributed by atoms with Gasteiger partial charge in [0.25, 0.3) is 0 Å². The molecule has 0 bridgehead atoms. The third-order valence-electron chi connectivity index (χ3n) is 4.20. The highest BCUT2D eigenvalue weighted by molar-refractivity contribution is 5.24. The fraction of sp³-hybridized carbons (Fsp3) is 0.778. The zero-order chi connectivity index (χ0) is 14.1. The minimum absolute atomic E-state index is 0.744. The standard InChI is InChI=1S/C16H27N.C2H6/c1-3-4-15-9-11-17(12-10-15)13-16-7-5-14(2)6-8-16;1-2/h5,7-8,14-15H,3-4,6,9-13H2,1-2H3;1-2H3. The summed E-state index contributed by atoms with van der Waals surface area (Å²) in [6.45, 7) is 12.4. The zero-order valence-electron chi connectivity index (χ0n) is 13.5. The van der Waals surface area contributed by atoms with Crippen molar-refractivity contribution in [2.24, 2.45) is 11.8 Å². The molecule has 0 aromatic carbocycles. The normalized spacial score (nSPS) is 24.6. The van der Waals surface area contributed by atoms with Gasteiger partial charge in [-0.3, -0.25) is 4.90 Å². The molecule has 1 atom stereocenters. The first kappa shape index (κ1) is 16.5. The largest absolute Gasteiger partial charge is 0.299 e. The fourth-order valence-corrected chi connectivity index (χ4v) is 2.99. The van der Waals surface area contributed by atoms with Gasteiger partial charge in [0.1, 0.15) is 0 Å². The molecule has 1 heterocycles. The number of hydrogen-bond donors (Lipinski definition) is 0. The maximum Gasteiger partial charge on any atom is 0.0230 e. The van der Waals surface area contributed by atoms with Gasteiger partial charge in [0.15, 0.2) is 0 Å². The summed E-state index contributed by atoms with van der Waals surface area (Å²) in [5.41, 5.74) is 1.54. The Kier molecular flexibility index (Phi) is 8.13. The summed E-state index contributed by atoms with van der Waals surface area (Å²) in [5, 5.41) is 0. The van der Waals surface area contributed by atoms with Crippen LogP contribution in [-0.4, -0.2) is 24.5 Å². The first-order valence-corrected chi connectivity index (χ1v) is 8.37. The van der Waals surface area contributed by atoms with Crippen LogP contribution in [0.25, 0.3) is 0 Å². The third-order valence-corrected chi connectivity index (χ3v) is 4.20. The Labute approximate surface area is 120 Å². The average Bonchev–Trinajstić information content (AvgIpc) is 2.46. The van der Waals surface area contributed by atoms with Crippen molar-refractivity contribution in [2.75, 3.05) is 19.6 Å². The van der Waals surface area contributed by atoms with Gasteiger partial charge in [0.05, 0.1) is 0 Å². The Bertz CT molecular complexity index is 282. The van der Waals surface area contributed by atoms with Crippen LogP contribution in [0.3, 0.4) is 0 Å². The molecule has 1 aliphatic heterocycles. The maximum absolute atomic E-state index is 2.64. The molecule has 1 fully saturated rings. The van der Waals surface area contributed by atoms with Crippen molar-refractivity contribution in [3.63, 3.8) is 0 Å². The molecule has 1 saturated heterocycles. The van der Waals surface area contributed by atoms with Crippen LogP contribution >= 0.6 is 0 Å². The van der Waals surface area contributed by atoms with Gasteiger partial charge in [-0.2, -0.15) is 0 Å². The zero-order valence-corrected chi connectivity index (χ0v) is 13.5. The number of likely N-dealkylation sites (tertiary alicyclic amines) is 1. The van der Waals surface area contributed by atoms with E-state index in [0.29, 0.717) is 0 Å². The predicted molar refractivity (Wildman–Crippen MR) is 86.4 cm³/mol. The Morgan fingerprint density at radius 1 is 1.21 bits per heavy atom. The van der Waals surface area contributed by atoms with Crippen molar-refractivity contribution < 1.29 is 0 Å². The Balaban J connectivity index is 0.000000861. The van der Waals surface area contributed by atoms with Gasteiger partial charge in [-0.25, -0.2) is 0 Å². The van der Waals surface area contributed by atoms with Crippen LogP contribution in [0.2, 0.25) is 0 Å². The molecule has 2 rings (SSSR count). The van der Waals surface area contributed by atoms with Crippen molar-refractivity contribution in [3.05, 3.63) is 23.8 Å². The van der Waals surface area contributed by atoms with Crippen molar-refractivity contribution in [3.8, 4) is 0 Å². The van der Waals surface area contributed by atoms with Crippen LogP contribution in [0, 0.1) is 11.8 Å². The van der Waals surface area contributed by atoms with Crippen LogP contribution in [-0.2, 0) is 0 Å². The predicted octanol–water partition coefficient (Wildman–Crippen LogP) is 5.05. The van der Waals surface area contributed by atoms with Gasteiger partial charge in [0, 0.05) is 6.54 Å². The lowest BCUT2D eigenvalue weighted by atomic mass is 9.92. The molecule has 0 saturated carbocycles. The lowest BCUT2D eigenvalue weighted by Crippen LogP contribution is -2.35. The van der Waals surface area contributed by atoms with E-state index in [2.05, 4.69) is 37.0 Å². The maximum atomic E-state index is 2.64. The van der Waals surface area contributed by atoms with Crippen molar-refractivity contribution >= 4 is 0 Å². The summed E-state index contributed by atoms with van der Waals surface area (Å²) in [7, 11) is 0. The first-order valence-electron chi connectivity index (χ1n) is 8.37. The minimum Gasteiger partial charge on any atom is -0.299 e. The van der Waals surface area contributed by atoms with E-state index in [1.54, 1.807) is 0 Å². The summed E-state index contributed by atoms with van der Waals surface area (Å²) < 4.78 is 0. The average molecular weight is 263 g/mol.